The first-order valence-corrected chi connectivity index (χ1v) is 6.46. The minimum absolute atomic E-state index is 0.0187. The van der Waals surface area contributed by atoms with Crippen molar-refractivity contribution in [1.29, 1.82) is 0 Å². The van der Waals surface area contributed by atoms with Crippen molar-refractivity contribution in [3.05, 3.63) is 49.3 Å². The lowest BCUT2D eigenvalue weighted by atomic mass is 10.1. The largest absolute Gasteiger partial charge is 0.505 e. The number of rotatable bonds is 2. The fourth-order valence-corrected chi connectivity index (χ4v) is 2.87. The molecule has 0 spiro atoms. The third-order valence-corrected chi connectivity index (χ3v) is 4.03. The molecule has 1 N–H and O–H groups in total. The van der Waals surface area contributed by atoms with E-state index in [0.29, 0.717) is 4.88 Å². The van der Waals surface area contributed by atoms with E-state index >= 15 is 0 Å². The number of benzene rings is 1. The molecule has 0 saturated heterocycles. The summed E-state index contributed by atoms with van der Waals surface area (Å²) in [5.41, 5.74) is -0.305. The molecule has 1 aromatic carbocycles. The second kappa shape index (κ2) is 4.76. The zero-order valence-electron chi connectivity index (χ0n) is 8.21. The van der Waals surface area contributed by atoms with Gasteiger partial charge in [-0.15, -0.1) is 11.3 Å². The summed E-state index contributed by atoms with van der Waals surface area (Å²) in [6.07, 6.45) is 0. The van der Waals surface area contributed by atoms with Crippen LogP contribution < -0.4 is 0 Å². The van der Waals surface area contributed by atoms with Gasteiger partial charge in [0.2, 0.25) is 5.78 Å². The molecule has 2 aromatic rings. The molecule has 2 rings (SSSR count). The third kappa shape index (κ3) is 2.36. The molecule has 1 aromatic heterocycles. The van der Waals surface area contributed by atoms with Crippen LogP contribution in [0, 0.1) is 5.82 Å². The molecule has 2 nitrogen and oxygen atoms in total. The highest BCUT2D eigenvalue weighted by Gasteiger charge is 2.21. The Kier molecular flexibility index (Phi) is 3.51. The minimum Gasteiger partial charge on any atom is -0.505 e. The highest BCUT2D eigenvalue weighted by atomic mass is 79.9. The summed E-state index contributed by atoms with van der Waals surface area (Å²) in [6, 6.07) is 5.65. The van der Waals surface area contributed by atoms with Gasteiger partial charge >= 0.3 is 0 Å². The molecule has 88 valence electrons. The summed E-state index contributed by atoms with van der Waals surface area (Å²) in [5.74, 6) is -2.13. The van der Waals surface area contributed by atoms with E-state index in [1.54, 1.807) is 12.1 Å². The van der Waals surface area contributed by atoms with E-state index in [-0.39, 0.29) is 10.6 Å². The molecule has 0 atom stereocenters. The SMILES string of the molecule is O=C(c1ccc(Br)s1)c1c(Cl)ccc(O)c1F. The van der Waals surface area contributed by atoms with Crippen LogP contribution in [0.1, 0.15) is 15.2 Å². The van der Waals surface area contributed by atoms with Gasteiger partial charge in [0.1, 0.15) is 0 Å². The van der Waals surface area contributed by atoms with Crippen LogP contribution >= 0.6 is 38.9 Å². The lowest BCUT2D eigenvalue weighted by molar-refractivity contribution is 0.103. The predicted octanol–water partition coefficient (Wildman–Crippen LogP) is 4.24. The molecule has 0 radical (unpaired) electrons. The number of carbonyl (C=O) groups is 1. The average molecular weight is 336 g/mol. The first kappa shape index (κ1) is 12.5. The summed E-state index contributed by atoms with van der Waals surface area (Å²) in [6.45, 7) is 0. The molecule has 0 aliphatic carbocycles. The topological polar surface area (TPSA) is 37.3 Å². The van der Waals surface area contributed by atoms with Gasteiger partial charge in [-0.05, 0) is 40.2 Å². The first-order valence-electron chi connectivity index (χ1n) is 4.47. The Balaban J connectivity index is 2.54. The van der Waals surface area contributed by atoms with Gasteiger partial charge in [0, 0.05) is 0 Å². The second-order valence-electron chi connectivity index (χ2n) is 3.19. The van der Waals surface area contributed by atoms with Gasteiger partial charge in [-0.25, -0.2) is 4.39 Å². The van der Waals surface area contributed by atoms with E-state index in [1.807, 2.05) is 0 Å². The molecule has 0 aliphatic heterocycles. The van der Waals surface area contributed by atoms with Crippen molar-refractivity contribution < 1.29 is 14.3 Å². The molecule has 0 amide bonds. The summed E-state index contributed by atoms with van der Waals surface area (Å²) < 4.78 is 14.4. The highest BCUT2D eigenvalue weighted by Crippen LogP contribution is 2.31. The number of phenolic OH excluding ortho intramolecular Hbond substituents is 1. The van der Waals surface area contributed by atoms with Crippen molar-refractivity contribution in [3.63, 3.8) is 0 Å². The molecule has 0 bridgehead atoms. The molecule has 0 aliphatic rings. The maximum atomic E-state index is 13.6. The second-order valence-corrected chi connectivity index (χ2v) is 6.06. The predicted molar refractivity (Wildman–Crippen MR) is 68.5 cm³/mol. The van der Waals surface area contributed by atoms with E-state index in [2.05, 4.69) is 15.9 Å². The van der Waals surface area contributed by atoms with E-state index in [0.717, 1.165) is 9.85 Å². The lowest BCUT2D eigenvalue weighted by Gasteiger charge is -2.04. The highest BCUT2D eigenvalue weighted by molar-refractivity contribution is 9.11. The zero-order chi connectivity index (χ0) is 12.6. The molecule has 1 heterocycles. The fourth-order valence-electron chi connectivity index (χ4n) is 1.31. The Bertz CT molecular complexity index is 597. The quantitative estimate of drug-likeness (QED) is 0.834. The van der Waals surface area contributed by atoms with E-state index in [4.69, 9.17) is 11.6 Å². The Morgan fingerprint density at radius 3 is 2.65 bits per heavy atom. The Labute approximate surface area is 114 Å². The maximum absolute atomic E-state index is 13.6. The number of thiophene rings is 1. The number of ketones is 1. The van der Waals surface area contributed by atoms with Crippen molar-refractivity contribution in [2.24, 2.45) is 0 Å². The van der Waals surface area contributed by atoms with Crippen molar-refractivity contribution in [2.45, 2.75) is 0 Å². The van der Waals surface area contributed by atoms with Crippen LogP contribution in [0.15, 0.2) is 28.1 Å². The first-order chi connectivity index (χ1) is 8.00. The van der Waals surface area contributed by atoms with Crippen molar-refractivity contribution in [1.82, 2.24) is 0 Å². The van der Waals surface area contributed by atoms with Crippen molar-refractivity contribution in [2.75, 3.05) is 0 Å². The summed E-state index contributed by atoms with van der Waals surface area (Å²) in [7, 11) is 0. The average Bonchev–Trinajstić information content (AvgIpc) is 2.71. The van der Waals surface area contributed by atoms with Crippen LogP contribution in [-0.4, -0.2) is 10.9 Å². The molecule has 17 heavy (non-hydrogen) atoms. The van der Waals surface area contributed by atoms with Gasteiger partial charge in [-0.2, -0.15) is 0 Å². The van der Waals surface area contributed by atoms with Crippen LogP contribution in [0.25, 0.3) is 0 Å². The van der Waals surface area contributed by atoms with E-state index < -0.39 is 17.3 Å². The standard InChI is InChI=1S/C11H5BrClFO2S/c12-8-4-3-7(17-8)11(16)9-5(13)1-2-6(15)10(9)14/h1-4,15H. The lowest BCUT2D eigenvalue weighted by Crippen LogP contribution is -2.03. The summed E-state index contributed by atoms with van der Waals surface area (Å²) >= 11 is 10.2. The van der Waals surface area contributed by atoms with Gasteiger partial charge < -0.3 is 5.11 Å². The Morgan fingerprint density at radius 2 is 2.06 bits per heavy atom. The van der Waals surface area contributed by atoms with Gasteiger partial charge in [0.05, 0.1) is 19.2 Å². The number of carbonyl (C=O) groups excluding carboxylic acids is 1. The molecular weight excluding hydrogens is 331 g/mol. The monoisotopic (exact) mass is 334 g/mol. The summed E-state index contributed by atoms with van der Waals surface area (Å²) in [4.78, 5) is 12.4. The minimum atomic E-state index is -0.993. The third-order valence-electron chi connectivity index (χ3n) is 2.09. The number of hydrogen-bond acceptors (Lipinski definition) is 3. The molecule has 0 fully saturated rings. The smallest absolute Gasteiger partial charge is 0.207 e. The van der Waals surface area contributed by atoms with E-state index in [9.17, 15) is 14.3 Å². The van der Waals surface area contributed by atoms with Crippen LogP contribution in [0.4, 0.5) is 4.39 Å². The van der Waals surface area contributed by atoms with Crippen LogP contribution in [-0.2, 0) is 0 Å². The fraction of sp³-hybridized carbons (Fsp3) is 0. The molecule has 0 unspecified atom stereocenters. The van der Waals surface area contributed by atoms with Gasteiger partial charge in [-0.3, -0.25) is 4.79 Å². The van der Waals surface area contributed by atoms with Gasteiger partial charge in [0.15, 0.2) is 11.6 Å². The zero-order valence-corrected chi connectivity index (χ0v) is 11.4. The van der Waals surface area contributed by atoms with Crippen LogP contribution in [0.2, 0.25) is 5.02 Å². The molecular formula is C11H5BrClFO2S. The number of hydrogen-bond donors (Lipinski definition) is 1. The van der Waals surface area contributed by atoms with Crippen molar-refractivity contribution in [3.8, 4) is 5.75 Å². The summed E-state index contributed by atoms with van der Waals surface area (Å²) in [5, 5.41) is 9.22. The number of phenols is 1. The van der Waals surface area contributed by atoms with E-state index in [1.165, 1.54) is 17.4 Å². The van der Waals surface area contributed by atoms with Crippen LogP contribution in [0.3, 0.4) is 0 Å². The number of halogens is 3. The van der Waals surface area contributed by atoms with Crippen LogP contribution in [0.5, 0.6) is 5.75 Å². The Hall–Kier alpha value is -0.910. The van der Waals surface area contributed by atoms with Gasteiger partial charge in [0.25, 0.3) is 0 Å². The normalized spacial score (nSPS) is 10.5. The molecule has 6 heteroatoms. The van der Waals surface area contributed by atoms with Gasteiger partial charge in [-0.1, -0.05) is 11.6 Å². The Morgan fingerprint density at radius 1 is 1.35 bits per heavy atom. The molecule has 0 saturated carbocycles. The number of aromatic hydroxyl groups is 1. The maximum Gasteiger partial charge on any atom is 0.207 e. The van der Waals surface area contributed by atoms with Crippen molar-refractivity contribution >= 4 is 44.7 Å².